The summed E-state index contributed by atoms with van der Waals surface area (Å²) in [5.41, 5.74) is 7.56. The van der Waals surface area contributed by atoms with E-state index in [4.69, 9.17) is 0 Å². The molecule has 1 amide bonds. The number of aryl methyl sites for hydroxylation is 3. The first-order valence-corrected chi connectivity index (χ1v) is 12.5. The van der Waals surface area contributed by atoms with Crippen LogP contribution in [0.15, 0.2) is 72.1 Å². The van der Waals surface area contributed by atoms with Gasteiger partial charge in [0, 0.05) is 18.0 Å². The number of carbonyl (C=O) groups is 1. The molecule has 0 saturated carbocycles. The Hall–Kier alpha value is -3.36. The van der Waals surface area contributed by atoms with Crippen LogP contribution in [0.5, 0.6) is 0 Å². The topological polar surface area (TPSA) is 107 Å². The first-order valence-electron chi connectivity index (χ1n) is 11.1. The van der Waals surface area contributed by atoms with E-state index in [1.54, 1.807) is 18.0 Å². The summed E-state index contributed by atoms with van der Waals surface area (Å²) in [7, 11) is 0. The Morgan fingerprint density at radius 1 is 1.09 bits per heavy atom. The number of amides is 1. The van der Waals surface area contributed by atoms with Crippen LogP contribution in [0.2, 0.25) is 0 Å². The molecule has 0 spiro atoms. The smallest absolute Gasteiger partial charge is 0.252 e. The maximum absolute atomic E-state index is 13.4. The zero-order valence-electron chi connectivity index (χ0n) is 19.4. The lowest BCUT2D eigenvalue weighted by Gasteiger charge is -2.20. The van der Waals surface area contributed by atoms with Crippen LogP contribution in [-0.2, 0) is 12.8 Å². The van der Waals surface area contributed by atoms with Gasteiger partial charge >= 0.3 is 0 Å². The SMILES string of the molecule is CSCCC(NC(=O)c1ccc(CCc2cccnc2)cc1-c1ccccc1C)/C(=N\O)NO. The zero-order chi connectivity index (χ0) is 24.3. The van der Waals surface area contributed by atoms with Crippen molar-refractivity contribution in [1.29, 1.82) is 0 Å². The van der Waals surface area contributed by atoms with Crippen LogP contribution in [0.3, 0.4) is 0 Å². The average molecular weight is 479 g/mol. The molecule has 3 aromatic rings. The molecule has 0 aliphatic rings. The summed E-state index contributed by atoms with van der Waals surface area (Å²) in [5.74, 6) is 0.302. The predicted octanol–water partition coefficient (Wildman–Crippen LogP) is 4.46. The summed E-state index contributed by atoms with van der Waals surface area (Å²) in [5, 5.41) is 24.6. The van der Waals surface area contributed by atoms with Crippen LogP contribution in [0.1, 0.15) is 33.5 Å². The molecule has 1 heterocycles. The molecule has 0 saturated heterocycles. The summed E-state index contributed by atoms with van der Waals surface area (Å²) in [6.07, 6.45) is 7.73. The molecule has 0 aliphatic heterocycles. The second kappa shape index (κ2) is 12.8. The lowest BCUT2D eigenvalue weighted by Crippen LogP contribution is -2.46. The fraction of sp³-hybridized carbons (Fsp3) is 0.269. The highest BCUT2D eigenvalue weighted by molar-refractivity contribution is 7.98. The van der Waals surface area contributed by atoms with E-state index in [1.807, 2.05) is 67.3 Å². The molecule has 0 radical (unpaired) electrons. The average Bonchev–Trinajstić information content (AvgIpc) is 2.87. The van der Waals surface area contributed by atoms with Gasteiger partial charge in [-0.05, 0) is 78.1 Å². The minimum Gasteiger partial charge on any atom is -0.409 e. The number of nitrogens with zero attached hydrogens (tertiary/aromatic N) is 2. The molecule has 34 heavy (non-hydrogen) atoms. The maximum atomic E-state index is 13.4. The van der Waals surface area contributed by atoms with Crippen molar-refractivity contribution >= 4 is 23.5 Å². The number of hydrogen-bond acceptors (Lipinski definition) is 6. The second-order valence-corrected chi connectivity index (χ2v) is 8.95. The molecule has 4 N–H and O–H groups in total. The van der Waals surface area contributed by atoms with E-state index < -0.39 is 6.04 Å². The molecule has 0 aliphatic carbocycles. The number of hydroxylamine groups is 1. The van der Waals surface area contributed by atoms with Gasteiger partial charge in [-0.25, -0.2) is 0 Å². The van der Waals surface area contributed by atoms with Gasteiger partial charge in [-0.2, -0.15) is 11.8 Å². The fourth-order valence-corrected chi connectivity index (χ4v) is 4.27. The normalized spacial score (nSPS) is 12.3. The van der Waals surface area contributed by atoms with Crippen molar-refractivity contribution in [2.24, 2.45) is 5.16 Å². The van der Waals surface area contributed by atoms with Crippen LogP contribution in [-0.4, -0.2) is 45.2 Å². The minimum atomic E-state index is -0.662. The molecule has 1 unspecified atom stereocenters. The summed E-state index contributed by atoms with van der Waals surface area (Å²) in [6.45, 7) is 2.02. The van der Waals surface area contributed by atoms with Gasteiger partial charge in [-0.3, -0.25) is 20.5 Å². The van der Waals surface area contributed by atoms with Crippen molar-refractivity contribution < 1.29 is 15.2 Å². The van der Waals surface area contributed by atoms with E-state index in [9.17, 15) is 15.2 Å². The van der Waals surface area contributed by atoms with E-state index in [-0.39, 0.29) is 11.7 Å². The summed E-state index contributed by atoms with van der Waals surface area (Å²) in [4.78, 5) is 17.6. The molecule has 1 atom stereocenters. The number of nitrogens with one attached hydrogen (secondary N) is 2. The van der Waals surface area contributed by atoms with Gasteiger partial charge in [-0.1, -0.05) is 47.6 Å². The van der Waals surface area contributed by atoms with Crippen LogP contribution < -0.4 is 10.8 Å². The molecule has 2 aromatic carbocycles. The van der Waals surface area contributed by atoms with Crippen LogP contribution in [0.25, 0.3) is 11.1 Å². The zero-order valence-corrected chi connectivity index (χ0v) is 20.2. The molecule has 0 fully saturated rings. The summed E-state index contributed by atoms with van der Waals surface area (Å²) >= 11 is 1.60. The largest absolute Gasteiger partial charge is 0.409 e. The Bertz CT molecular complexity index is 1120. The Balaban J connectivity index is 1.93. The lowest BCUT2D eigenvalue weighted by atomic mass is 9.92. The Labute approximate surface area is 204 Å². The number of amidine groups is 1. The fourth-order valence-electron chi connectivity index (χ4n) is 3.80. The van der Waals surface area contributed by atoms with E-state index in [1.165, 1.54) is 0 Å². The molecule has 1 aromatic heterocycles. The molecule has 7 nitrogen and oxygen atoms in total. The number of aromatic nitrogens is 1. The Morgan fingerprint density at radius 3 is 2.56 bits per heavy atom. The van der Waals surface area contributed by atoms with E-state index in [0.717, 1.165) is 40.7 Å². The van der Waals surface area contributed by atoms with Crippen LogP contribution in [0, 0.1) is 6.92 Å². The molecule has 8 heteroatoms. The standard InChI is InChI=1S/C26H30N4O3S/c1-18-6-3-4-8-21(18)23-16-19(9-10-20-7-5-14-27-17-20)11-12-22(23)26(31)28-24(13-15-34-2)25(29-32)30-33/h3-8,11-12,14,16-17,24,32-33H,9-10,13,15H2,1-2H3,(H,28,31)(H,29,30). The summed E-state index contributed by atoms with van der Waals surface area (Å²) < 4.78 is 0. The van der Waals surface area contributed by atoms with Crippen molar-refractivity contribution in [3.63, 3.8) is 0 Å². The van der Waals surface area contributed by atoms with Gasteiger partial charge in [0.2, 0.25) is 0 Å². The van der Waals surface area contributed by atoms with Crippen molar-refractivity contribution in [3.8, 4) is 11.1 Å². The number of oxime groups is 1. The molecular weight excluding hydrogens is 448 g/mol. The first-order chi connectivity index (χ1) is 16.6. The minimum absolute atomic E-state index is 0.104. The molecule has 3 rings (SSSR count). The van der Waals surface area contributed by atoms with E-state index in [0.29, 0.717) is 17.7 Å². The lowest BCUT2D eigenvalue weighted by molar-refractivity contribution is 0.0944. The predicted molar refractivity (Wildman–Crippen MR) is 137 cm³/mol. The molecule has 0 bridgehead atoms. The monoisotopic (exact) mass is 478 g/mol. The number of hydrogen-bond donors (Lipinski definition) is 4. The van der Waals surface area contributed by atoms with Gasteiger partial charge in [0.1, 0.15) is 0 Å². The molecule has 178 valence electrons. The summed E-state index contributed by atoms with van der Waals surface area (Å²) in [6, 6.07) is 17.2. The van der Waals surface area contributed by atoms with Crippen LogP contribution in [0.4, 0.5) is 0 Å². The van der Waals surface area contributed by atoms with Crippen molar-refractivity contribution in [3.05, 3.63) is 89.2 Å². The van der Waals surface area contributed by atoms with Gasteiger partial charge in [0.15, 0.2) is 5.84 Å². The third-order valence-electron chi connectivity index (χ3n) is 5.66. The van der Waals surface area contributed by atoms with Gasteiger partial charge in [-0.15, -0.1) is 0 Å². The number of pyridine rings is 1. The number of carbonyl (C=O) groups excluding carboxylic acids is 1. The maximum Gasteiger partial charge on any atom is 0.252 e. The Kier molecular flexibility index (Phi) is 9.49. The van der Waals surface area contributed by atoms with Crippen molar-refractivity contribution in [2.45, 2.75) is 32.2 Å². The van der Waals surface area contributed by atoms with E-state index >= 15 is 0 Å². The quantitative estimate of drug-likeness (QED) is 0.148. The van der Waals surface area contributed by atoms with E-state index in [2.05, 4.69) is 27.6 Å². The van der Waals surface area contributed by atoms with Gasteiger partial charge in [0.05, 0.1) is 6.04 Å². The van der Waals surface area contributed by atoms with Gasteiger partial charge in [0.25, 0.3) is 5.91 Å². The Morgan fingerprint density at radius 2 is 1.88 bits per heavy atom. The molecular formula is C26H30N4O3S. The highest BCUT2D eigenvalue weighted by Gasteiger charge is 2.22. The third-order valence-corrected chi connectivity index (χ3v) is 6.30. The third kappa shape index (κ3) is 6.59. The first kappa shape index (κ1) is 25.3. The highest BCUT2D eigenvalue weighted by atomic mass is 32.2. The van der Waals surface area contributed by atoms with Crippen LogP contribution >= 0.6 is 11.8 Å². The number of thioether (sulfide) groups is 1. The van der Waals surface area contributed by atoms with Crippen molar-refractivity contribution in [2.75, 3.05) is 12.0 Å². The second-order valence-electron chi connectivity index (χ2n) is 7.96. The number of rotatable bonds is 10. The highest BCUT2D eigenvalue weighted by Crippen LogP contribution is 2.29. The number of benzene rings is 2. The van der Waals surface area contributed by atoms with Crippen molar-refractivity contribution in [1.82, 2.24) is 15.8 Å². The van der Waals surface area contributed by atoms with Gasteiger partial charge < -0.3 is 10.5 Å².